The SMILES string of the molecule is Cl.O=C(Nc1ccc(-n2nccn2)cc1)C1CSCN1. The molecule has 0 spiro atoms. The fourth-order valence-corrected chi connectivity index (χ4v) is 2.76. The molecule has 3 rings (SSSR count). The third kappa shape index (κ3) is 3.30. The van der Waals surface area contributed by atoms with Gasteiger partial charge in [0.2, 0.25) is 5.91 Å². The Kier molecular flexibility index (Phi) is 4.99. The van der Waals surface area contributed by atoms with Crippen LogP contribution in [0, 0.1) is 0 Å². The van der Waals surface area contributed by atoms with Crippen LogP contribution < -0.4 is 10.6 Å². The van der Waals surface area contributed by atoms with Gasteiger partial charge in [0.25, 0.3) is 0 Å². The maximum absolute atomic E-state index is 11.9. The number of hydrogen-bond donors (Lipinski definition) is 2. The van der Waals surface area contributed by atoms with Gasteiger partial charge in [-0.1, -0.05) is 0 Å². The second kappa shape index (κ2) is 6.74. The fourth-order valence-electron chi connectivity index (χ4n) is 1.82. The highest BCUT2D eigenvalue weighted by molar-refractivity contribution is 7.99. The Morgan fingerprint density at radius 1 is 1.30 bits per heavy atom. The summed E-state index contributed by atoms with van der Waals surface area (Å²) in [4.78, 5) is 13.4. The van der Waals surface area contributed by atoms with Gasteiger partial charge in [0.1, 0.15) is 0 Å². The number of halogens is 1. The molecule has 0 radical (unpaired) electrons. The second-order valence-electron chi connectivity index (χ2n) is 4.13. The van der Waals surface area contributed by atoms with E-state index in [4.69, 9.17) is 0 Å². The first-order chi connectivity index (χ1) is 9.33. The minimum absolute atomic E-state index is 0. The lowest BCUT2D eigenvalue weighted by Crippen LogP contribution is -2.37. The van der Waals surface area contributed by atoms with Crippen molar-refractivity contribution in [3.63, 3.8) is 0 Å². The normalized spacial score (nSPS) is 17.5. The van der Waals surface area contributed by atoms with Crippen molar-refractivity contribution in [2.45, 2.75) is 6.04 Å². The lowest BCUT2D eigenvalue weighted by Gasteiger charge is -2.10. The van der Waals surface area contributed by atoms with Crippen LogP contribution in [-0.2, 0) is 4.79 Å². The molecule has 0 saturated carbocycles. The zero-order valence-electron chi connectivity index (χ0n) is 10.5. The number of hydrogen-bond acceptors (Lipinski definition) is 5. The van der Waals surface area contributed by atoms with Gasteiger partial charge in [-0.05, 0) is 24.3 Å². The summed E-state index contributed by atoms with van der Waals surface area (Å²) in [6.07, 6.45) is 3.25. The molecule has 8 heteroatoms. The number of benzene rings is 1. The van der Waals surface area contributed by atoms with Gasteiger partial charge in [0, 0.05) is 17.3 Å². The standard InChI is InChI=1S/C12H13N5OS.ClH/c18-12(11-7-19-8-13-11)16-9-1-3-10(4-2-9)17-14-5-6-15-17;/h1-6,11,13H,7-8H2,(H,16,18);1H. The van der Waals surface area contributed by atoms with E-state index in [2.05, 4.69) is 20.8 Å². The van der Waals surface area contributed by atoms with Gasteiger partial charge in [0.05, 0.1) is 24.1 Å². The Balaban J connectivity index is 0.00000147. The maximum atomic E-state index is 11.9. The number of nitrogens with one attached hydrogen (secondary N) is 2. The van der Waals surface area contributed by atoms with Crippen molar-refractivity contribution in [2.75, 3.05) is 16.9 Å². The molecular formula is C12H14ClN5OS. The van der Waals surface area contributed by atoms with Crippen LogP contribution in [-0.4, -0.2) is 38.6 Å². The number of carbonyl (C=O) groups excluding carboxylic acids is 1. The van der Waals surface area contributed by atoms with Crippen molar-refractivity contribution < 1.29 is 4.79 Å². The molecule has 1 saturated heterocycles. The Labute approximate surface area is 126 Å². The van der Waals surface area contributed by atoms with E-state index < -0.39 is 0 Å². The Morgan fingerprint density at radius 3 is 2.60 bits per heavy atom. The van der Waals surface area contributed by atoms with E-state index in [-0.39, 0.29) is 24.4 Å². The number of carbonyl (C=O) groups is 1. The third-order valence-electron chi connectivity index (χ3n) is 2.82. The molecule has 1 atom stereocenters. The fraction of sp³-hybridized carbons (Fsp3) is 0.250. The topological polar surface area (TPSA) is 71.8 Å². The van der Waals surface area contributed by atoms with Crippen molar-refractivity contribution >= 4 is 35.8 Å². The molecule has 1 aromatic heterocycles. The van der Waals surface area contributed by atoms with E-state index in [1.165, 1.54) is 4.80 Å². The molecule has 20 heavy (non-hydrogen) atoms. The van der Waals surface area contributed by atoms with Crippen molar-refractivity contribution in [3.05, 3.63) is 36.7 Å². The van der Waals surface area contributed by atoms with Crippen molar-refractivity contribution in [3.8, 4) is 5.69 Å². The molecule has 2 N–H and O–H groups in total. The summed E-state index contributed by atoms with van der Waals surface area (Å²) in [5.41, 5.74) is 1.64. The van der Waals surface area contributed by atoms with Gasteiger partial charge in [-0.25, -0.2) is 0 Å². The molecular weight excluding hydrogens is 298 g/mol. The summed E-state index contributed by atoms with van der Waals surface area (Å²) in [5, 5.41) is 14.1. The summed E-state index contributed by atoms with van der Waals surface area (Å²) in [6, 6.07) is 7.33. The van der Waals surface area contributed by atoms with E-state index in [0.29, 0.717) is 0 Å². The maximum Gasteiger partial charge on any atom is 0.242 e. The zero-order chi connectivity index (χ0) is 13.1. The Hall–Kier alpha value is -1.57. The van der Waals surface area contributed by atoms with Crippen LogP contribution in [0.25, 0.3) is 5.69 Å². The summed E-state index contributed by atoms with van der Waals surface area (Å²) >= 11 is 1.73. The van der Waals surface area contributed by atoms with Crippen LogP contribution in [0.3, 0.4) is 0 Å². The molecule has 2 aromatic rings. The highest BCUT2D eigenvalue weighted by Gasteiger charge is 2.22. The van der Waals surface area contributed by atoms with Crippen LogP contribution in [0.15, 0.2) is 36.7 Å². The van der Waals surface area contributed by atoms with Crippen LogP contribution in [0.2, 0.25) is 0 Å². The minimum Gasteiger partial charge on any atom is -0.325 e. The molecule has 1 aliphatic rings. The molecule has 1 fully saturated rings. The summed E-state index contributed by atoms with van der Waals surface area (Å²) < 4.78 is 0. The molecule has 1 aromatic carbocycles. The average molecular weight is 312 g/mol. The van der Waals surface area contributed by atoms with E-state index in [9.17, 15) is 4.79 Å². The van der Waals surface area contributed by atoms with Crippen LogP contribution >= 0.6 is 24.2 Å². The van der Waals surface area contributed by atoms with E-state index >= 15 is 0 Å². The van der Waals surface area contributed by atoms with Gasteiger partial charge in [-0.15, -0.1) is 24.2 Å². The second-order valence-corrected chi connectivity index (χ2v) is 5.16. The lowest BCUT2D eigenvalue weighted by atomic mass is 10.2. The highest BCUT2D eigenvalue weighted by atomic mass is 35.5. The molecule has 6 nitrogen and oxygen atoms in total. The summed E-state index contributed by atoms with van der Waals surface area (Å²) in [7, 11) is 0. The molecule has 2 heterocycles. The zero-order valence-corrected chi connectivity index (χ0v) is 12.2. The lowest BCUT2D eigenvalue weighted by molar-refractivity contribution is -0.117. The van der Waals surface area contributed by atoms with Crippen molar-refractivity contribution in [2.24, 2.45) is 0 Å². The largest absolute Gasteiger partial charge is 0.325 e. The molecule has 1 aliphatic heterocycles. The quantitative estimate of drug-likeness (QED) is 0.894. The number of amides is 1. The van der Waals surface area contributed by atoms with E-state index in [1.807, 2.05) is 24.3 Å². The number of thioether (sulfide) groups is 1. The van der Waals surface area contributed by atoms with Gasteiger partial charge in [-0.3, -0.25) is 10.1 Å². The molecule has 1 amide bonds. The first kappa shape index (κ1) is 14.8. The molecule has 1 unspecified atom stereocenters. The smallest absolute Gasteiger partial charge is 0.242 e. The number of aromatic nitrogens is 3. The highest BCUT2D eigenvalue weighted by Crippen LogP contribution is 2.14. The van der Waals surface area contributed by atoms with Crippen molar-refractivity contribution in [1.82, 2.24) is 20.3 Å². The predicted molar refractivity (Wildman–Crippen MR) is 81.5 cm³/mol. The van der Waals surface area contributed by atoms with Gasteiger partial charge in [0.15, 0.2) is 0 Å². The molecule has 0 bridgehead atoms. The Morgan fingerprint density at radius 2 is 2.00 bits per heavy atom. The van der Waals surface area contributed by atoms with Gasteiger partial charge >= 0.3 is 0 Å². The third-order valence-corrected chi connectivity index (χ3v) is 3.76. The molecule has 0 aliphatic carbocycles. The number of rotatable bonds is 3. The van der Waals surface area contributed by atoms with E-state index in [1.54, 1.807) is 24.2 Å². The van der Waals surface area contributed by atoms with E-state index in [0.717, 1.165) is 23.0 Å². The first-order valence-electron chi connectivity index (χ1n) is 5.92. The van der Waals surface area contributed by atoms with Gasteiger partial charge < -0.3 is 5.32 Å². The van der Waals surface area contributed by atoms with Crippen molar-refractivity contribution in [1.29, 1.82) is 0 Å². The van der Waals surface area contributed by atoms with Crippen LogP contribution in [0.4, 0.5) is 5.69 Å². The average Bonchev–Trinajstić information content (AvgIpc) is 3.13. The van der Waals surface area contributed by atoms with Gasteiger partial charge in [-0.2, -0.15) is 15.0 Å². The minimum atomic E-state index is -0.0996. The predicted octanol–water partition coefficient (Wildman–Crippen LogP) is 1.29. The first-order valence-corrected chi connectivity index (χ1v) is 7.07. The monoisotopic (exact) mass is 311 g/mol. The molecule has 106 valence electrons. The van der Waals surface area contributed by atoms with Crippen LogP contribution in [0.5, 0.6) is 0 Å². The summed E-state index contributed by atoms with van der Waals surface area (Å²) in [6.45, 7) is 0. The number of anilines is 1. The number of nitrogens with zero attached hydrogens (tertiary/aromatic N) is 3. The summed E-state index contributed by atoms with van der Waals surface area (Å²) in [5.74, 6) is 1.67. The Bertz CT molecular complexity index is 554. The van der Waals surface area contributed by atoms with Crippen LogP contribution in [0.1, 0.15) is 0 Å².